The molecular formula is C6H8F2N4O2. The van der Waals surface area contributed by atoms with Gasteiger partial charge in [-0.05, 0) is 0 Å². The van der Waals surface area contributed by atoms with Gasteiger partial charge in [-0.25, -0.2) is 18.3 Å². The fourth-order valence-corrected chi connectivity index (χ4v) is 0.978. The topological polar surface area (TPSA) is 94.0 Å². The number of carboxylic acid groups (broad SMARTS) is 1. The average Bonchev–Trinajstić information content (AvgIpc) is 2.46. The van der Waals surface area contributed by atoms with Crippen LogP contribution in [0.5, 0.6) is 0 Å². The standard InChI is InChI=1S/C6H8F2N4O2/c7-4(8)2-12-3(1-9)5(6(13)14)10-11-12/h4H,1-2,9H2,(H,13,14). The van der Waals surface area contributed by atoms with Crippen LogP contribution >= 0.6 is 0 Å². The van der Waals surface area contributed by atoms with Crippen molar-refractivity contribution in [3.8, 4) is 0 Å². The molecule has 3 N–H and O–H groups in total. The molecule has 0 bridgehead atoms. The van der Waals surface area contributed by atoms with E-state index < -0.39 is 18.9 Å². The molecule has 0 fully saturated rings. The largest absolute Gasteiger partial charge is 0.476 e. The zero-order valence-electron chi connectivity index (χ0n) is 7.02. The van der Waals surface area contributed by atoms with Gasteiger partial charge < -0.3 is 10.8 Å². The number of nitrogens with zero attached hydrogens (tertiary/aromatic N) is 3. The highest BCUT2D eigenvalue weighted by Crippen LogP contribution is 2.07. The molecule has 8 heteroatoms. The van der Waals surface area contributed by atoms with E-state index in [0.29, 0.717) is 0 Å². The van der Waals surface area contributed by atoms with Crippen LogP contribution in [0, 0.1) is 0 Å². The molecule has 0 amide bonds. The summed E-state index contributed by atoms with van der Waals surface area (Å²) in [5.74, 6) is -1.33. The number of hydrogen-bond acceptors (Lipinski definition) is 4. The normalized spacial score (nSPS) is 10.9. The minimum Gasteiger partial charge on any atom is -0.476 e. The number of carboxylic acids is 1. The molecule has 0 aliphatic rings. The molecule has 6 nitrogen and oxygen atoms in total. The van der Waals surface area contributed by atoms with Gasteiger partial charge in [0.2, 0.25) is 0 Å². The fourth-order valence-electron chi connectivity index (χ4n) is 0.978. The maximum absolute atomic E-state index is 12.0. The van der Waals surface area contributed by atoms with Gasteiger partial charge in [-0.1, -0.05) is 5.21 Å². The van der Waals surface area contributed by atoms with Crippen molar-refractivity contribution in [2.45, 2.75) is 19.5 Å². The summed E-state index contributed by atoms with van der Waals surface area (Å²) in [4.78, 5) is 10.5. The SMILES string of the molecule is NCc1c(C(=O)O)nnn1CC(F)F. The highest BCUT2D eigenvalue weighted by molar-refractivity contribution is 5.86. The first-order chi connectivity index (χ1) is 6.56. The van der Waals surface area contributed by atoms with Crippen LogP contribution in [0.25, 0.3) is 0 Å². The first-order valence-electron chi connectivity index (χ1n) is 3.70. The maximum Gasteiger partial charge on any atom is 0.358 e. The number of halogens is 2. The summed E-state index contributed by atoms with van der Waals surface area (Å²) in [7, 11) is 0. The lowest BCUT2D eigenvalue weighted by molar-refractivity contribution is 0.0688. The van der Waals surface area contributed by atoms with Crippen molar-refractivity contribution in [1.29, 1.82) is 0 Å². The molecule has 0 saturated carbocycles. The monoisotopic (exact) mass is 206 g/mol. The van der Waals surface area contributed by atoms with E-state index in [-0.39, 0.29) is 17.9 Å². The van der Waals surface area contributed by atoms with Crippen LogP contribution in [0.1, 0.15) is 16.2 Å². The van der Waals surface area contributed by atoms with Crippen LogP contribution in [0.4, 0.5) is 8.78 Å². The predicted molar refractivity (Wildman–Crippen MR) is 40.9 cm³/mol. The van der Waals surface area contributed by atoms with Gasteiger partial charge in [-0.3, -0.25) is 0 Å². The first-order valence-corrected chi connectivity index (χ1v) is 3.70. The second-order valence-corrected chi connectivity index (χ2v) is 2.47. The Labute approximate surface area is 77.3 Å². The number of carbonyl (C=O) groups is 1. The average molecular weight is 206 g/mol. The Balaban J connectivity index is 3.01. The minimum atomic E-state index is -2.62. The summed E-state index contributed by atoms with van der Waals surface area (Å²) in [6.45, 7) is -0.895. The molecule has 0 saturated heterocycles. The van der Waals surface area contributed by atoms with Crippen LogP contribution in [0.3, 0.4) is 0 Å². The van der Waals surface area contributed by atoms with Crippen LogP contribution in [0.15, 0.2) is 0 Å². The van der Waals surface area contributed by atoms with Crippen molar-refractivity contribution >= 4 is 5.97 Å². The van der Waals surface area contributed by atoms with Crippen molar-refractivity contribution in [2.75, 3.05) is 0 Å². The van der Waals surface area contributed by atoms with E-state index in [9.17, 15) is 13.6 Å². The molecule has 14 heavy (non-hydrogen) atoms. The Kier molecular flexibility index (Phi) is 3.07. The summed E-state index contributed by atoms with van der Waals surface area (Å²) in [6, 6.07) is 0. The maximum atomic E-state index is 12.0. The van der Waals surface area contributed by atoms with Crippen molar-refractivity contribution in [3.05, 3.63) is 11.4 Å². The van der Waals surface area contributed by atoms with E-state index in [1.165, 1.54) is 0 Å². The van der Waals surface area contributed by atoms with Gasteiger partial charge in [0.1, 0.15) is 6.54 Å². The molecule has 0 unspecified atom stereocenters. The molecule has 0 aliphatic carbocycles. The smallest absolute Gasteiger partial charge is 0.358 e. The van der Waals surface area contributed by atoms with Gasteiger partial charge in [0.25, 0.3) is 6.43 Å². The molecule has 1 heterocycles. The summed E-state index contributed by atoms with van der Waals surface area (Å²) in [6.07, 6.45) is -2.62. The first kappa shape index (κ1) is 10.5. The summed E-state index contributed by atoms with van der Waals surface area (Å²) >= 11 is 0. The lowest BCUT2D eigenvalue weighted by Crippen LogP contribution is -2.15. The zero-order chi connectivity index (χ0) is 10.7. The Hall–Kier alpha value is -1.57. The molecule has 0 aliphatic heterocycles. The van der Waals surface area contributed by atoms with Crippen LogP contribution in [-0.4, -0.2) is 32.5 Å². The van der Waals surface area contributed by atoms with Gasteiger partial charge in [0, 0.05) is 6.54 Å². The number of rotatable bonds is 4. The van der Waals surface area contributed by atoms with Crippen molar-refractivity contribution < 1.29 is 18.7 Å². The van der Waals surface area contributed by atoms with E-state index in [0.717, 1.165) is 4.68 Å². The second-order valence-electron chi connectivity index (χ2n) is 2.47. The minimum absolute atomic E-state index is 0.00204. The molecule has 0 spiro atoms. The summed E-state index contributed by atoms with van der Waals surface area (Å²) in [5.41, 5.74) is 4.82. The van der Waals surface area contributed by atoms with E-state index >= 15 is 0 Å². The van der Waals surface area contributed by atoms with E-state index in [2.05, 4.69) is 10.3 Å². The Morgan fingerprint density at radius 1 is 1.64 bits per heavy atom. The van der Waals surface area contributed by atoms with Gasteiger partial charge in [-0.15, -0.1) is 5.10 Å². The molecule has 78 valence electrons. The van der Waals surface area contributed by atoms with E-state index in [1.807, 2.05) is 0 Å². The molecule has 0 aromatic carbocycles. The molecule has 1 aromatic rings. The van der Waals surface area contributed by atoms with Crippen molar-refractivity contribution in [1.82, 2.24) is 15.0 Å². The van der Waals surface area contributed by atoms with Gasteiger partial charge in [0.15, 0.2) is 5.69 Å². The molecule has 0 radical (unpaired) electrons. The van der Waals surface area contributed by atoms with Gasteiger partial charge in [-0.2, -0.15) is 0 Å². The highest BCUT2D eigenvalue weighted by atomic mass is 19.3. The molecule has 0 atom stereocenters. The van der Waals surface area contributed by atoms with Gasteiger partial charge >= 0.3 is 5.97 Å². The number of aromatic nitrogens is 3. The van der Waals surface area contributed by atoms with E-state index in [1.54, 1.807) is 0 Å². The Bertz CT molecular complexity index is 339. The van der Waals surface area contributed by atoms with Gasteiger partial charge in [0.05, 0.1) is 5.69 Å². The third-order valence-electron chi connectivity index (χ3n) is 1.54. The third kappa shape index (κ3) is 2.02. The molecule has 1 rings (SSSR count). The van der Waals surface area contributed by atoms with Crippen molar-refractivity contribution in [3.63, 3.8) is 0 Å². The fraction of sp³-hybridized carbons (Fsp3) is 0.500. The Morgan fingerprint density at radius 2 is 2.29 bits per heavy atom. The summed E-state index contributed by atoms with van der Waals surface area (Å²) in [5, 5.41) is 15.1. The lowest BCUT2D eigenvalue weighted by Gasteiger charge is -2.02. The van der Waals surface area contributed by atoms with Crippen LogP contribution in [-0.2, 0) is 13.1 Å². The predicted octanol–water partition coefficient (Wildman–Crippen LogP) is -0.300. The molecular weight excluding hydrogens is 198 g/mol. The van der Waals surface area contributed by atoms with E-state index in [4.69, 9.17) is 10.8 Å². The molecule has 1 aromatic heterocycles. The highest BCUT2D eigenvalue weighted by Gasteiger charge is 2.19. The summed E-state index contributed by atoms with van der Waals surface area (Å²) < 4.78 is 24.7. The number of nitrogens with two attached hydrogens (primary N) is 1. The second kappa shape index (κ2) is 4.09. The third-order valence-corrected chi connectivity index (χ3v) is 1.54. The zero-order valence-corrected chi connectivity index (χ0v) is 7.02. The van der Waals surface area contributed by atoms with Crippen LogP contribution in [0.2, 0.25) is 0 Å². The van der Waals surface area contributed by atoms with Crippen molar-refractivity contribution in [2.24, 2.45) is 5.73 Å². The lowest BCUT2D eigenvalue weighted by atomic mass is 10.3. The number of hydrogen-bond donors (Lipinski definition) is 2. The number of alkyl halides is 2. The Morgan fingerprint density at radius 3 is 2.71 bits per heavy atom. The quantitative estimate of drug-likeness (QED) is 0.705. The number of aromatic carboxylic acids is 1. The van der Waals surface area contributed by atoms with Crippen LogP contribution < -0.4 is 5.73 Å².